The summed E-state index contributed by atoms with van der Waals surface area (Å²) in [5, 5.41) is 3.45. The zero-order valence-electron chi connectivity index (χ0n) is 12.7. The van der Waals surface area contributed by atoms with Crippen LogP contribution in [0.5, 0.6) is 0 Å². The zero-order chi connectivity index (χ0) is 14.5. The molecule has 5 heteroatoms. The summed E-state index contributed by atoms with van der Waals surface area (Å²) in [6, 6.07) is 0.247. The third-order valence-corrected chi connectivity index (χ3v) is 4.46. The molecule has 0 aromatic rings. The Morgan fingerprint density at radius 2 is 1.60 bits per heavy atom. The van der Waals surface area contributed by atoms with Gasteiger partial charge in [-0.3, -0.25) is 9.59 Å². The van der Waals surface area contributed by atoms with Crippen molar-refractivity contribution in [3.8, 4) is 0 Å². The van der Waals surface area contributed by atoms with E-state index in [-0.39, 0.29) is 17.9 Å². The van der Waals surface area contributed by atoms with Gasteiger partial charge in [0.15, 0.2) is 0 Å². The minimum Gasteiger partial charge on any atom is -0.343 e. The zero-order valence-corrected chi connectivity index (χ0v) is 12.7. The number of carbonyl (C=O) groups excluding carboxylic acids is 2. The van der Waals surface area contributed by atoms with Crippen molar-refractivity contribution in [1.82, 2.24) is 15.1 Å². The average Bonchev–Trinajstić information content (AvgIpc) is 2.48. The first-order valence-electron chi connectivity index (χ1n) is 7.88. The number of likely N-dealkylation sites (tertiary alicyclic amines) is 2. The first kappa shape index (κ1) is 15.3. The molecule has 2 aliphatic heterocycles. The summed E-state index contributed by atoms with van der Waals surface area (Å²) in [4.78, 5) is 27.5. The summed E-state index contributed by atoms with van der Waals surface area (Å²) < 4.78 is 0. The Morgan fingerprint density at radius 1 is 1.00 bits per heavy atom. The molecular formula is C15H27N3O2. The van der Waals surface area contributed by atoms with Crippen LogP contribution in [-0.2, 0) is 9.59 Å². The highest BCUT2D eigenvalue weighted by Crippen LogP contribution is 2.13. The average molecular weight is 281 g/mol. The number of carbonyl (C=O) groups is 2. The van der Waals surface area contributed by atoms with E-state index >= 15 is 0 Å². The highest BCUT2D eigenvalue weighted by molar-refractivity contribution is 5.81. The van der Waals surface area contributed by atoms with Gasteiger partial charge in [-0.25, -0.2) is 0 Å². The van der Waals surface area contributed by atoms with Crippen LogP contribution in [0, 0.1) is 0 Å². The molecule has 2 rings (SSSR count). The molecule has 0 saturated carbocycles. The van der Waals surface area contributed by atoms with E-state index in [0.29, 0.717) is 6.04 Å². The first-order chi connectivity index (χ1) is 9.58. The van der Waals surface area contributed by atoms with Crippen LogP contribution in [0.2, 0.25) is 0 Å². The lowest BCUT2D eigenvalue weighted by Gasteiger charge is -2.35. The number of hydrogen-bond acceptors (Lipinski definition) is 3. The van der Waals surface area contributed by atoms with Gasteiger partial charge in [-0.15, -0.1) is 0 Å². The Balaban J connectivity index is 1.75. The predicted molar refractivity (Wildman–Crippen MR) is 78.3 cm³/mol. The molecule has 0 radical (unpaired) electrons. The van der Waals surface area contributed by atoms with Crippen molar-refractivity contribution in [3.05, 3.63) is 0 Å². The highest BCUT2D eigenvalue weighted by atomic mass is 16.2. The molecule has 1 unspecified atom stereocenters. The van der Waals surface area contributed by atoms with E-state index in [1.807, 2.05) is 16.7 Å². The van der Waals surface area contributed by atoms with Crippen molar-refractivity contribution in [1.29, 1.82) is 0 Å². The molecule has 0 aliphatic carbocycles. The van der Waals surface area contributed by atoms with Gasteiger partial charge in [-0.2, -0.15) is 0 Å². The number of amides is 2. The Bertz CT molecular complexity index is 345. The topological polar surface area (TPSA) is 52.7 Å². The smallest absolute Gasteiger partial charge is 0.239 e. The molecule has 0 aromatic heterocycles. The van der Waals surface area contributed by atoms with Gasteiger partial charge in [-0.1, -0.05) is 0 Å². The summed E-state index contributed by atoms with van der Waals surface area (Å²) in [7, 11) is 0. The molecule has 2 saturated heterocycles. The summed E-state index contributed by atoms with van der Waals surface area (Å²) in [6.07, 6.45) is 5.40. The van der Waals surface area contributed by atoms with E-state index in [2.05, 4.69) is 5.32 Å². The molecule has 20 heavy (non-hydrogen) atoms. The fourth-order valence-electron chi connectivity index (χ4n) is 3.17. The second-order valence-corrected chi connectivity index (χ2v) is 6.05. The fourth-order valence-corrected chi connectivity index (χ4v) is 3.17. The standard InChI is InChI=1S/C15H27N3O2/c1-12(15(20)18-8-4-3-5-9-18)16-14-6-10-17(11-7-14)13(2)19/h12,14,16H,3-11H2,1-2H3. The van der Waals surface area contributed by atoms with E-state index in [0.717, 1.165) is 51.9 Å². The molecule has 1 N–H and O–H groups in total. The van der Waals surface area contributed by atoms with E-state index < -0.39 is 0 Å². The Labute approximate surface area is 121 Å². The van der Waals surface area contributed by atoms with E-state index in [1.165, 1.54) is 6.42 Å². The van der Waals surface area contributed by atoms with Crippen molar-refractivity contribution in [2.45, 2.75) is 58.0 Å². The van der Waals surface area contributed by atoms with Crippen LogP contribution in [0.15, 0.2) is 0 Å². The maximum absolute atomic E-state index is 12.3. The molecule has 114 valence electrons. The number of hydrogen-bond donors (Lipinski definition) is 1. The summed E-state index contributed by atoms with van der Waals surface area (Å²) in [5.41, 5.74) is 0. The number of nitrogens with one attached hydrogen (secondary N) is 1. The molecule has 5 nitrogen and oxygen atoms in total. The number of rotatable bonds is 3. The molecule has 2 amide bonds. The van der Waals surface area contributed by atoms with Gasteiger partial charge in [0.2, 0.25) is 11.8 Å². The van der Waals surface area contributed by atoms with Crippen LogP contribution in [0.1, 0.15) is 46.0 Å². The fraction of sp³-hybridized carbons (Fsp3) is 0.867. The van der Waals surface area contributed by atoms with Crippen molar-refractivity contribution >= 4 is 11.8 Å². The normalized spacial score (nSPS) is 22.7. The molecule has 1 atom stereocenters. The summed E-state index contributed by atoms with van der Waals surface area (Å²) in [5.74, 6) is 0.389. The van der Waals surface area contributed by atoms with Gasteiger partial charge in [0.25, 0.3) is 0 Å². The minimum atomic E-state index is -0.109. The maximum atomic E-state index is 12.3. The number of piperidine rings is 2. The van der Waals surface area contributed by atoms with Crippen molar-refractivity contribution in [3.63, 3.8) is 0 Å². The molecule has 2 heterocycles. The van der Waals surface area contributed by atoms with Crippen LogP contribution in [0.25, 0.3) is 0 Å². The van der Waals surface area contributed by atoms with Gasteiger partial charge in [0.05, 0.1) is 6.04 Å². The van der Waals surface area contributed by atoms with E-state index in [9.17, 15) is 9.59 Å². The van der Waals surface area contributed by atoms with Gasteiger partial charge >= 0.3 is 0 Å². The first-order valence-corrected chi connectivity index (χ1v) is 7.88. The largest absolute Gasteiger partial charge is 0.343 e. The minimum absolute atomic E-state index is 0.109. The Morgan fingerprint density at radius 3 is 2.15 bits per heavy atom. The Hall–Kier alpha value is -1.10. The highest BCUT2D eigenvalue weighted by Gasteiger charge is 2.26. The molecule has 0 spiro atoms. The lowest BCUT2D eigenvalue weighted by Crippen LogP contribution is -2.52. The molecule has 2 aliphatic rings. The van der Waals surface area contributed by atoms with Crippen LogP contribution in [0.4, 0.5) is 0 Å². The van der Waals surface area contributed by atoms with Gasteiger partial charge < -0.3 is 15.1 Å². The summed E-state index contributed by atoms with van der Waals surface area (Å²) >= 11 is 0. The maximum Gasteiger partial charge on any atom is 0.239 e. The molecular weight excluding hydrogens is 254 g/mol. The lowest BCUT2D eigenvalue weighted by molar-refractivity contribution is -0.135. The lowest BCUT2D eigenvalue weighted by atomic mass is 10.0. The Kier molecular flexibility index (Phi) is 5.40. The molecule has 0 aromatic carbocycles. The number of nitrogens with zero attached hydrogens (tertiary/aromatic N) is 2. The monoisotopic (exact) mass is 281 g/mol. The van der Waals surface area contributed by atoms with Crippen LogP contribution >= 0.6 is 0 Å². The summed E-state index contributed by atoms with van der Waals surface area (Å²) in [6.45, 7) is 7.01. The quantitative estimate of drug-likeness (QED) is 0.839. The van der Waals surface area contributed by atoms with Crippen molar-refractivity contribution < 1.29 is 9.59 Å². The van der Waals surface area contributed by atoms with Crippen molar-refractivity contribution in [2.75, 3.05) is 26.2 Å². The van der Waals surface area contributed by atoms with Crippen LogP contribution in [0.3, 0.4) is 0 Å². The van der Waals surface area contributed by atoms with Crippen molar-refractivity contribution in [2.24, 2.45) is 0 Å². The second kappa shape index (κ2) is 7.07. The van der Waals surface area contributed by atoms with Crippen LogP contribution in [-0.4, -0.2) is 59.9 Å². The van der Waals surface area contributed by atoms with Gasteiger partial charge in [-0.05, 0) is 39.0 Å². The third-order valence-electron chi connectivity index (χ3n) is 4.46. The van der Waals surface area contributed by atoms with Gasteiger partial charge in [0.1, 0.15) is 0 Å². The molecule has 2 fully saturated rings. The van der Waals surface area contributed by atoms with Gasteiger partial charge in [0, 0.05) is 39.1 Å². The third kappa shape index (κ3) is 3.95. The SMILES string of the molecule is CC(=O)N1CCC(NC(C)C(=O)N2CCCCC2)CC1. The second-order valence-electron chi connectivity index (χ2n) is 6.05. The van der Waals surface area contributed by atoms with E-state index in [4.69, 9.17) is 0 Å². The molecule has 0 bridgehead atoms. The van der Waals surface area contributed by atoms with Crippen LogP contribution < -0.4 is 5.32 Å². The van der Waals surface area contributed by atoms with E-state index in [1.54, 1.807) is 6.92 Å². The predicted octanol–water partition coefficient (Wildman–Crippen LogP) is 0.988.